The monoisotopic (exact) mass is 412 g/mol. The van der Waals surface area contributed by atoms with E-state index in [1.807, 2.05) is 43.3 Å². The van der Waals surface area contributed by atoms with E-state index in [0.29, 0.717) is 31.3 Å². The molecule has 0 fully saturated rings. The van der Waals surface area contributed by atoms with E-state index >= 15 is 0 Å². The molecule has 0 unspecified atom stereocenters. The van der Waals surface area contributed by atoms with Gasteiger partial charge in [0.1, 0.15) is 22.5 Å². The molecule has 2 heterocycles. The maximum absolute atomic E-state index is 11.4. The Labute approximate surface area is 166 Å². The molecule has 1 aliphatic rings. The summed E-state index contributed by atoms with van der Waals surface area (Å²) in [6, 6.07) is 11.7. The van der Waals surface area contributed by atoms with Crippen LogP contribution in [0.2, 0.25) is 0 Å². The molecule has 2 aromatic rings. The van der Waals surface area contributed by atoms with E-state index in [1.165, 1.54) is 6.26 Å². The molecule has 2 atom stereocenters. The van der Waals surface area contributed by atoms with E-state index in [9.17, 15) is 8.42 Å². The van der Waals surface area contributed by atoms with Gasteiger partial charge >= 0.3 is 0 Å². The van der Waals surface area contributed by atoms with Crippen molar-refractivity contribution in [3.8, 4) is 11.6 Å². The van der Waals surface area contributed by atoms with Crippen LogP contribution in [0.3, 0.4) is 0 Å². The number of nitrogens with one attached hydrogen (secondary N) is 1. The van der Waals surface area contributed by atoms with Crippen LogP contribution in [-0.4, -0.2) is 44.7 Å². The fourth-order valence-electron chi connectivity index (χ4n) is 2.94. The highest BCUT2D eigenvalue weighted by molar-refractivity contribution is 7.90. The van der Waals surface area contributed by atoms with Crippen LogP contribution in [-0.2, 0) is 16.4 Å². The van der Waals surface area contributed by atoms with Crippen molar-refractivity contribution in [1.82, 2.24) is 10.3 Å². The van der Waals surface area contributed by atoms with Crippen LogP contribution >= 0.6 is 12.4 Å². The predicted molar refractivity (Wildman–Crippen MR) is 108 cm³/mol. The Morgan fingerprint density at radius 1 is 1.26 bits per heavy atom. The number of halogens is 1. The first-order valence-electron chi connectivity index (χ1n) is 8.62. The lowest BCUT2D eigenvalue weighted by molar-refractivity contribution is 0.0843. The van der Waals surface area contributed by atoms with Gasteiger partial charge in [-0.05, 0) is 29.2 Å². The zero-order valence-corrected chi connectivity index (χ0v) is 17.1. The van der Waals surface area contributed by atoms with Crippen molar-refractivity contribution in [3.05, 3.63) is 53.7 Å². The third kappa shape index (κ3) is 6.37. The molecule has 0 saturated heterocycles. The average molecular weight is 413 g/mol. The maximum atomic E-state index is 11.4. The quantitative estimate of drug-likeness (QED) is 0.753. The molecule has 0 amide bonds. The zero-order chi connectivity index (χ0) is 18.6. The van der Waals surface area contributed by atoms with Gasteiger partial charge in [0.15, 0.2) is 5.75 Å². The molecule has 8 heteroatoms. The van der Waals surface area contributed by atoms with E-state index in [0.717, 1.165) is 11.1 Å². The minimum atomic E-state index is -2.97. The Kier molecular flexibility index (Phi) is 7.47. The summed E-state index contributed by atoms with van der Waals surface area (Å²) in [5, 5.41) is 3.36. The molecule has 3 rings (SSSR count). The number of pyridine rings is 1. The first-order valence-corrected chi connectivity index (χ1v) is 10.7. The molecule has 0 spiro atoms. The van der Waals surface area contributed by atoms with Crippen LogP contribution in [0.15, 0.2) is 42.6 Å². The van der Waals surface area contributed by atoms with Crippen LogP contribution in [0.5, 0.6) is 11.6 Å². The van der Waals surface area contributed by atoms with Gasteiger partial charge in [-0.1, -0.05) is 31.2 Å². The van der Waals surface area contributed by atoms with Crippen LogP contribution in [0.1, 0.15) is 24.0 Å². The largest absolute Gasteiger partial charge is 0.484 e. The predicted octanol–water partition coefficient (Wildman–Crippen LogP) is 2.58. The summed E-state index contributed by atoms with van der Waals surface area (Å²) in [5.74, 6) is 1.38. The summed E-state index contributed by atoms with van der Waals surface area (Å²) in [7, 11) is -2.97. The van der Waals surface area contributed by atoms with Gasteiger partial charge in [0.05, 0.1) is 5.75 Å². The Balaban J connectivity index is 0.00000261. The Morgan fingerprint density at radius 3 is 2.70 bits per heavy atom. The summed E-state index contributed by atoms with van der Waals surface area (Å²) >= 11 is 0. The molecule has 0 radical (unpaired) electrons. The SMILES string of the molecule is C[C@@H](CS(C)(=O)=O)c1ccc(CNC[C@H]2COc3cccnc3O2)cc1.Cl. The number of sulfone groups is 1. The van der Waals surface area contributed by atoms with Gasteiger partial charge in [0, 0.05) is 25.5 Å². The van der Waals surface area contributed by atoms with Crippen LogP contribution in [0.25, 0.3) is 0 Å². The third-order valence-corrected chi connectivity index (χ3v) is 5.35. The van der Waals surface area contributed by atoms with E-state index in [1.54, 1.807) is 6.20 Å². The molecule has 0 saturated carbocycles. The van der Waals surface area contributed by atoms with E-state index in [-0.39, 0.29) is 30.2 Å². The zero-order valence-electron chi connectivity index (χ0n) is 15.4. The Bertz CT molecular complexity index is 843. The van der Waals surface area contributed by atoms with Gasteiger partial charge in [0.25, 0.3) is 5.88 Å². The molecule has 148 valence electrons. The second kappa shape index (κ2) is 9.39. The minimum Gasteiger partial charge on any atom is -0.484 e. The number of rotatable bonds is 7. The van der Waals surface area contributed by atoms with Crippen molar-refractivity contribution in [2.75, 3.05) is 25.2 Å². The van der Waals surface area contributed by atoms with Crippen molar-refractivity contribution in [1.29, 1.82) is 0 Å². The van der Waals surface area contributed by atoms with E-state index in [4.69, 9.17) is 9.47 Å². The normalized spacial score (nSPS) is 17.0. The minimum absolute atomic E-state index is 0. The summed E-state index contributed by atoms with van der Waals surface area (Å²) in [6.07, 6.45) is 2.88. The van der Waals surface area contributed by atoms with Crippen molar-refractivity contribution in [2.45, 2.75) is 25.5 Å². The first-order chi connectivity index (χ1) is 12.4. The molecule has 1 N–H and O–H groups in total. The van der Waals surface area contributed by atoms with E-state index < -0.39 is 9.84 Å². The molecule has 1 aromatic carbocycles. The highest BCUT2D eigenvalue weighted by Crippen LogP contribution is 2.28. The summed E-state index contributed by atoms with van der Waals surface area (Å²) in [6.45, 7) is 3.78. The number of benzene rings is 1. The molecule has 27 heavy (non-hydrogen) atoms. The highest BCUT2D eigenvalue weighted by atomic mass is 35.5. The number of fused-ring (bicyclic) bond motifs is 1. The van der Waals surface area contributed by atoms with E-state index in [2.05, 4.69) is 10.3 Å². The number of ether oxygens (including phenoxy) is 2. The number of aromatic nitrogens is 1. The van der Waals surface area contributed by atoms with Crippen LogP contribution in [0.4, 0.5) is 0 Å². The smallest absolute Gasteiger partial charge is 0.257 e. The van der Waals surface area contributed by atoms with Gasteiger partial charge in [-0.3, -0.25) is 0 Å². The molecule has 1 aromatic heterocycles. The lowest BCUT2D eigenvalue weighted by atomic mass is 10.0. The summed E-state index contributed by atoms with van der Waals surface area (Å²) in [5.41, 5.74) is 2.17. The fraction of sp³-hybridized carbons (Fsp3) is 0.421. The molecular formula is C19H25ClN2O4S. The van der Waals surface area contributed by atoms with Crippen LogP contribution in [0, 0.1) is 0 Å². The first kappa shape index (κ1) is 21.5. The Morgan fingerprint density at radius 2 is 2.00 bits per heavy atom. The second-order valence-corrected chi connectivity index (χ2v) is 8.91. The fourth-order valence-corrected chi connectivity index (χ4v) is 4.04. The highest BCUT2D eigenvalue weighted by Gasteiger charge is 2.21. The number of hydrogen-bond acceptors (Lipinski definition) is 6. The molecule has 0 bridgehead atoms. The number of nitrogens with zero attached hydrogens (tertiary/aromatic N) is 1. The van der Waals surface area contributed by atoms with Gasteiger partial charge in [0.2, 0.25) is 0 Å². The Hall–Kier alpha value is -1.83. The maximum Gasteiger partial charge on any atom is 0.257 e. The van der Waals surface area contributed by atoms with Crippen LogP contribution < -0.4 is 14.8 Å². The summed E-state index contributed by atoms with van der Waals surface area (Å²) < 4.78 is 34.3. The lowest BCUT2D eigenvalue weighted by Crippen LogP contribution is -2.38. The van der Waals surface area contributed by atoms with Gasteiger partial charge < -0.3 is 14.8 Å². The van der Waals surface area contributed by atoms with Gasteiger partial charge in [-0.15, -0.1) is 12.4 Å². The lowest BCUT2D eigenvalue weighted by Gasteiger charge is -2.25. The molecule has 6 nitrogen and oxygen atoms in total. The summed E-state index contributed by atoms with van der Waals surface area (Å²) in [4.78, 5) is 4.17. The average Bonchev–Trinajstić information content (AvgIpc) is 2.61. The number of hydrogen-bond donors (Lipinski definition) is 1. The third-order valence-electron chi connectivity index (χ3n) is 4.24. The van der Waals surface area contributed by atoms with Gasteiger partial charge in [-0.25, -0.2) is 13.4 Å². The molecular weight excluding hydrogens is 388 g/mol. The van der Waals surface area contributed by atoms with Crippen molar-refractivity contribution < 1.29 is 17.9 Å². The van der Waals surface area contributed by atoms with Gasteiger partial charge in [-0.2, -0.15) is 0 Å². The van der Waals surface area contributed by atoms with Crippen molar-refractivity contribution in [3.63, 3.8) is 0 Å². The van der Waals surface area contributed by atoms with Crippen molar-refractivity contribution >= 4 is 22.2 Å². The molecule has 1 aliphatic heterocycles. The standard InChI is InChI=1S/C19H24N2O4S.ClH/c1-14(13-26(2,22)23)16-7-5-15(6-8-16)10-20-11-17-12-24-18-4-3-9-21-19(18)25-17;/h3-9,14,17,20H,10-13H2,1-2H3;1H/t14-,17-;/m0./s1. The van der Waals surface area contributed by atoms with Crippen molar-refractivity contribution in [2.24, 2.45) is 0 Å². The second-order valence-electron chi connectivity index (χ2n) is 6.72. The molecule has 0 aliphatic carbocycles. The topological polar surface area (TPSA) is 77.5 Å².